The molecule has 1 aromatic rings. The van der Waals surface area contributed by atoms with Gasteiger partial charge in [0.25, 0.3) is 5.91 Å². The molecule has 150 valence electrons. The standard InChI is InChI=1S/C20H25N3O3S2/c24-18(6-2-1-4-14-9-11-27-28-14)21-13-7-8-16-15(12-13)20(26)23-10-3-5-17(23)19(25)22-16/h7-8,12,14,17H,1-6,9-11H2,(H,21,24)(H,22,25). The highest BCUT2D eigenvalue weighted by molar-refractivity contribution is 8.77. The second-order valence-corrected chi connectivity index (χ2v) is 10.3. The number of rotatable bonds is 6. The van der Waals surface area contributed by atoms with Gasteiger partial charge >= 0.3 is 0 Å². The van der Waals surface area contributed by atoms with Crippen LogP contribution in [0.4, 0.5) is 11.4 Å². The monoisotopic (exact) mass is 419 g/mol. The molecular formula is C20H25N3O3S2. The number of carbonyl (C=O) groups is 3. The maximum atomic E-state index is 12.9. The van der Waals surface area contributed by atoms with Gasteiger partial charge in [0.15, 0.2) is 0 Å². The van der Waals surface area contributed by atoms with Crippen LogP contribution in [0, 0.1) is 0 Å². The third-order valence-corrected chi connectivity index (χ3v) is 8.52. The van der Waals surface area contributed by atoms with Crippen LogP contribution < -0.4 is 10.6 Å². The Bertz CT molecular complexity index is 780. The predicted octanol–water partition coefficient (Wildman–Crippen LogP) is 3.90. The molecule has 2 N–H and O–H groups in total. The highest BCUT2D eigenvalue weighted by Crippen LogP contribution is 2.40. The highest BCUT2D eigenvalue weighted by Gasteiger charge is 2.38. The molecule has 2 atom stereocenters. The minimum absolute atomic E-state index is 0.0300. The summed E-state index contributed by atoms with van der Waals surface area (Å²) < 4.78 is 0. The van der Waals surface area contributed by atoms with Gasteiger partial charge in [-0.05, 0) is 50.3 Å². The number of amides is 3. The van der Waals surface area contributed by atoms with E-state index in [1.807, 2.05) is 21.6 Å². The summed E-state index contributed by atoms with van der Waals surface area (Å²) in [5.74, 6) is 0.947. The molecule has 2 saturated heterocycles. The van der Waals surface area contributed by atoms with Crippen molar-refractivity contribution in [2.24, 2.45) is 0 Å². The molecule has 0 spiro atoms. The molecule has 0 saturated carbocycles. The molecule has 2 unspecified atom stereocenters. The van der Waals surface area contributed by atoms with Gasteiger partial charge in [0, 0.05) is 29.7 Å². The minimum atomic E-state index is -0.380. The van der Waals surface area contributed by atoms with Crippen molar-refractivity contribution in [3.05, 3.63) is 23.8 Å². The lowest BCUT2D eigenvalue weighted by Gasteiger charge is -2.20. The molecule has 0 radical (unpaired) electrons. The highest BCUT2D eigenvalue weighted by atomic mass is 33.1. The molecule has 8 heteroatoms. The van der Waals surface area contributed by atoms with Crippen LogP contribution in [0.1, 0.15) is 55.3 Å². The fourth-order valence-corrected chi connectivity index (χ4v) is 7.03. The van der Waals surface area contributed by atoms with Crippen LogP contribution >= 0.6 is 21.6 Å². The number of anilines is 2. The first-order chi connectivity index (χ1) is 13.6. The van der Waals surface area contributed by atoms with Crippen LogP contribution in [0.15, 0.2) is 18.2 Å². The summed E-state index contributed by atoms with van der Waals surface area (Å²) in [6.45, 7) is 0.602. The van der Waals surface area contributed by atoms with Crippen LogP contribution in [-0.2, 0) is 9.59 Å². The lowest BCUT2D eigenvalue weighted by Crippen LogP contribution is -2.40. The van der Waals surface area contributed by atoms with E-state index >= 15 is 0 Å². The SMILES string of the molecule is O=C(CCCCC1CCSS1)Nc1ccc2c(c1)C(=O)N1CCCC1C(=O)N2. The Morgan fingerprint density at radius 1 is 1.25 bits per heavy atom. The van der Waals surface area contributed by atoms with Crippen molar-refractivity contribution in [2.45, 2.75) is 56.2 Å². The molecule has 0 aliphatic carbocycles. The summed E-state index contributed by atoms with van der Waals surface area (Å²) in [6, 6.07) is 4.75. The van der Waals surface area contributed by atoms with Crippen molar-refractivity contribution in [3.63, 3.8) is 0 Å². The van der Waals surface area contributed by atoms with Crippen molar-refractivity contribution in [3.8, 4) is 0 Å². The molecule has 1 aromatic carbocycles. The van der Waals surface area contributed by atoms with E-state index in [2.05, 4.69) is 10.6 Å². The van der Waals surface area contributed by atoms with Crippen molar-refractivity contribution in [1.82, 2.24) is 4.90 Å². The number of nitrogens with zero attached hydrogens (tertiary/aromatic N) is 1. The summed E-state index contributed by atoms with van der Waals surface area (Å²) in [5.41, 5.74) is 1.58. The van der Waals surface area contributed by atoms with Gasteiger partial charge in [-0.2, -0.15) is 0 Å². The largest absolute Gasteiger partial charge is 0.327 e. The third kappa shape index (κ3) is 4.33. The van der Waals surface area contributed by atoms with E-state index in [1.54, 1.807) is 23.1 Å². The zero-order chi connectivity index (χ0) is 19.5. The van der Waals surface area contributed by atoms with Crippen molar-refractivity contribution in [2.75, 3.05) is 22.9 Å². The fourth-order valence-electron chi connectivity index (χ4n) is 4.01. The smallest absolute Gasteiger partial charge is 0.256 e. The molecule has 0 aromatic heterocycles. The predicted molar refractivity (Wildman–Crippen MR) is 115 cm³/mol. The van der Waals surface area contributed by atoms with Gasteiger partial charge in [0.1, 0.15) is 6.04 Å². The summed E-state index contributed by atoms with van der Waals surface area (Å²) in [4.78, 5) is 39.1. The molecule has 6 nitrogen and oxygen atoms in total. The Hall–Kier alpha value is -1.67. The van der Waals surface area contributed by atoms with Gasteiger partial charge in [0.2, 0.25) is 11.8 Å². The normalized spacial score (nSPS) is 23.8. The van der Waals surface area contributed by atoms with Gasteiger partial charge in [-0.1, -0.05) is 28.0 Å². The molecule has 4 rings (SSSR count). The number of nitrogens with one attached hydrogen (secondary N) is 2. The van der Waals surface area contributed by atoms with E-state index in [4.69, 9.17) is 0 Å². The Labute approximate surface area is 173 Å². The van der Waals surface area contributed by atoms with Crippen LogP contribution in [0.5, 0.6) is 0 Å². The summed E-state index contributed by atoms with van der Waals surface area (Å²) in [6.07, 6.45) is 6.43. The molecule has 3 heterocycles. The lowest BCUT2D eigenvalue weighted by atomic mass is 10.1. The molecule has 28 heavy (non-hydrogen) atoms. The topological polar surface area (TPSA) is 78.5 Å². The first-order valence-corrected chi connectivity index (χ1v) is 12.3. The van der Waals surface area contributed by atoms with Crippen LogP contribution in [0.2, 0.25) is 0 Å². The number of carbonyl (C=O) groups excluding carboxylic acids is 3. The number of hydrogen-bond acceptors (Lipinski definition) is 5. The van der Waals surface area contributed by atoms with E-state index in [9.17, 15) is 14.4 Å². The Morgan fingerprint density at radius 3 is 2.96 bits per heavy atom. The molecule has 3 amide bonds. The Morgan fingerprint density at radius 2 is 2.14 bits per heavy atom. The van der Waals surface area contributed by atoms with Gasteiger partial charge in [-0.15, -0.1) is 0 Å². The molecule has 0 bridgehead atoms. The quantitative estimate of drug-likeness (QED) is 0.540. The minimum Gasteiger partial charge on any atom is -0.327 e. The zero-order valence-electron chi connectivity index (χ0n) is 15.7. The van der Waals surface area contributed by atoms with Crippen molar-refractivity contribution >= 4 is 50.7 Å². The Kier molecular flexibility index (Phi) is 6.16. The zero-order valence-corrected chi connectivity index (χ0v) is 17.4. The molecule has 2 fully saturated rings. The van der Waals surface area contributed by atoms with Crippen LogP contribution in [0.25, 0.3) is 0 Å². The molecular weight excluding hydrogens is 394 g/mol. The third-order valence-electron chi connectivity index (χ3n) is 5.52. The second kappa shape index (κ2) is 8.78. The maximum Gasteiger partial charge on any atom is 0.256 e. The molecule has 3 aliphatic rings. The first kappa shape index (κ1) is 19.6. The average molecular weight is 420 g/mol. The van der Waals surface area contributed by atoms with Crippen molar-refractivity contribution < 1.29 is 14.4 Å². The van der Waals surface area contributed by atoms with Gasteiger partial charge < -0.3 is 15.5 Å². The van der Waals surface area contributed by atoms with Gasteiger partial charge in [-0.3, -0.25) is 14.4 Å². The number of fused-ring (bicyclic) bond motifs is 2. The van der Waals surface area contributed by atoms with Crippen LogP contribution in [-0.4, -0.2) is 46.2 Å². The maximum absolute atomic E-state index is 12.9. The number of benzene rings is 1. The van der Waals surface area contributed by atoms with Crippen LogP contribution in [0.3, 0.4) is 0 Å². The van der Waals surface area contributed by atoms with E-state index in [0.29, 0.717) is 36.3 Å². The van der Waals surface area contributed by atoms with Gasteiger partial charge in [-0.25, -0.2) is 0 Å². The van der Waals surface area contributed by atoms with E-state index in [1.165, 1.54) is 18.6 Å². The van der Waals surface area contributed by atoms with E-state index in [0.717, 1.165) is 24.5 Å². The first-order valence-electron chi connectivity index (χ1n) is 9.96. The van der Waals surface area contributed by atoms with Crippen molar-refractivity contribution in [1.29, 1.82) is 0 Å². The van der Waals surface area contributed by atoms with Gasteiger partial charge in [0.05, 0.1) is 11.3 Å². The fraction of sp³-hybridized carbons (Fsp3) is 0.550. The lowest BCUT2D eigenvalue weighted by molar-refractivity contribution is -0.119. The second-order valence-electron chi connectivity index (χ2n) is 7.53. The van der Waals surface area contributed by atoms with E-state index in [-0.39, 0.29) is 23.8 Å². The summed E-state index contributed by atoms with van der Waals surface area (Å²) in [7, 11) is 3.92. The average Bonchev–Trinajstić information content (AvgIpc) is 3.36. The summed E-state index contributed by atoms with van der Waals surface area (Å²) >= 11 is 0. The summed E-state index contributed by atoms with van der Waals surface area (Å²) in [5, 5.41) is 6.50. The van der Waals surface area contributed by atoms with E-state index < -0.39 is 0 Å². The number of hydrogen-bond donors (Lipinski definition) is 2. The molecule has 3 aliphatic heterocycles. The number of unbranched alkanes of at least 4 members (excludes halogenated alkanes) is 1. The Balaban J connectivity index is 1.34.